The van der Waals surface area contributed by atoms with Crippen LogP contribution in [0.3, 0.4) is 0 Å². The second-order valence-electron chi connectivity index (χ2n) is 4.45. The summed E-state index contributed by atoms with van der Waals surface area (Å²) in [5.74, 6) is 6.16. The van der Waals surface area contributed by atoms with Crippen LogP contribution in [-0.4, -0.2) is 15.6 Å². The second-order valence-corrected chi connectivity index (χ2v) is 4.45. The van der Waals surface area contributed by atoms with Crippen LogP contribution in [0.15, 0.2) is 78.0 Å². The largest absolute Gasteiger partial charge is 0.308 e. The molecule has 5 heteroatoms. The number of aliphatic imine (C=N–C) groups is 1. The zero-order valence-corrected chi connectivity index (χ0v) is 11.3. The highest BCUT2D eigenvalue weighted by Gasteiger charge is 2.06. The molecule has 3 rings (SSSR count). The number of nitrogens with zero attached hydrogens (tertiary/aromatic N) is 3. The van der Waals surface area contributed by atoms with Gasteiger partial charge in [-0.2, -0.15) is 5.10 Å². The smallest absolute Gasteiger partial charge is 0.151 e. The highest BCUT2D eigenvalue weighted by molar-refractivity contribution is 5.99. The van der Waals surface area contributed by atoms with Gasteiger partial charge in [-0.15, -0.1) is 0 Å². The Balaban J connectivity index is 1.93. The Labute approximate surface area is 122 Å². The maximum absolute atomic E-state index is 5.58. The van der Waals surface area contributed by atoms with Crippen molar-refractivity contribution in [1.82, 2.24) is 15.2 Å². The fourth-order valence-electron chi connectivity index (χ4n) is 1.98. The van der Waals surface area contributed by atoms with E-state index >= 15 is 0 Å². The van der Waals surface area contributed by atoms with Gasteiger partial charge in [-0.3, -0.25) is 0 Å². The predicted molar refractivity (Wildman–Crippen MR) is 83.5 cm³/mol. The molecule has 0 saturated carbocycles. The van der Waals surface area contributed by atoms with E-state index in [2.05, 4.69) is 15.5 Å². The van der Waals surface area contributed by atoms with E-state index in [4.69, 9.17) is 5.84 Å². The molecule has 3 aromatic rings. The van der Waals surface area contributed by atoms with Crippen molar-refractivity contribution in [2.24, 2.45) is 10.8 Å². The maximum Gasteiger partial charge on any atom is 0.151 e. The first-order chi connectivity index (χ1) is 10.4. The molecule has 0 aliphatic rings. The summed E-state index contributed by atoms with van der Waals surface area (Å²) in [7, 11) is 0. The van der Waals surface area contributed by atoms with Gasteiger partial charge in [0.15, 0.2) is 5.84 Å². The fourth-order valence-corrected chi connectivity index (χ4v) is 1.98. The van der Waals surface area contributed by atoms with Gasteiger partial charge in [0.2, 0.25) is 0 Å². The van der Waals surface area contributed by atoms with Crippen LogP contribution < -0.4 is 11.3 Å². The van der Waals surface area contributed by atoms with Crippen molar-refractivity contribution >= 4 is 11.5 Å². The third kappa shape index (κ3) is 2.98. The molecule has 0 saturated heterocycles. The molecule has 0 unspecified atom stereocenters. The molecule has 5 nitrogen and oxygen atoms in total. The standard InChI is InChI=1S/C16H15N5/c17-20-16(19-14-7-3-1-4-8-14)13-11-18-21(12-13)15-9-5-2-6-10-15/h1-12H,17H2,(H,19,20). The Hall–Kier alpha value is -2.92. The summed E-state index contributed by atoms with van der Waals surface area (Å²) in [6.07, 6.45) is 3.62. The average Bonchev–Trinajstić information content (AvgIpc) is 3.04. The lowest BCUT2D eigenvalue weighted by Gasteiger charge is -2.03. The number of nitrogens with two attached hydrogens (primary N) is 1. The van der Waals surface area contributed by atoms with Gasteiger partial charge in [0.1, 0.15) is 0 Å². The normalized spacial score (nSPS) is 11.4. The van der Waals surface area contributed by atoms with E-state index in [1.807, 2.05) is 66.9 Å². The van der Waals surface area contributed by atoms with Crippen LogP contribution in [0.2, 0.25) is 0 Å². The Bertz CT molecular complexity index is 732. The summed E-state index contributed by atoms with van der Waals surface area (Å²) in [6, 6.07) is 19.5. The van der Waals surface area contributed by atoms with Gasteiger partial charge >= 0.3 is 0 Å². The fraction of sp³-hybridized carbons (Fsp3) is 0. The van der Waals surface area contributed by atoms with Crippen molar-refractivity contribution in [3.8, 4) is 5.69 Å². The zero-order chi connectivity index (χ0) is 14.5. The predicted octanol–water partition coefficient (Wildman–Crippen LogP) is 2.41. The minimum Gasteiger partial charge on any atom is -0.308 e. The van der Waals surface area contributed by atoms with E-state index in [0.717, 1.165) is 16.9 Å². The van der Waals surface area contributed by atoms with Gasteiger partial charge < -0.3 is 5.43 Å². The Morgan fingerprint density at radius 3 is 2.33 bits per heavy atom. The van der Waals surface area contributed by atoms with Gasteiger partial charge in [-0.25, -0.2) is 15.5 Å². The van der Waals surface area contributed by atoms with Crippen LogP contribution in [0.1, 0.15) is 5.56 Å². The number of hydrogen-bond acceptors (Lipinski definition) is 3. The molecule has 0 aliphatic carbocycles. The first-order valence-corrected chi connectivity index (χ1v) is 6.57. The quantitative estimate of drug-likeness (QED) is 0.334. The van der Waals surface area contributed by atoms with Crippen molar-refractivity contribution in [3.63, 3.8) is 0 Å². The van der Waals surface area contributed by atoms with Gasteiger partial charge in [0.25, 0.3) is 0 Å². The third-order valence-electron chi connectivity index (χ3n) is 3.01. The summed E-state index contributed by atoms with van der Waals surface area (Å²) in [5.41, 5.74) is 5.27. The molecule has 2 aromatic carbocycles. The highest BCUT2D eigenvalue weighted by Crippen LogP contribution is 2.13. The van der Waals surface area contributed by atoms with Crippen molar-refractivity contribution in [2.75, 3.05) is 0 Å². The van der Waals surface area contributed by atoms with Crippen molar-refractivity contribution in [1.29, 1.82) is 0 Å². The molecule has 0 spiro atoms. The van der Waals surface area contributed by atoms with Crippen molar-refractivity contribution < 1.29 is 0 Å². The topological polar surface area (TPSA) is 68.2 Å². The van der Waals surface area contributed by atoms with E-state index in [1.54, 1.807) is 10.9 Å². The van der Waals surface area contributed by atoms with Crippen LogP contribution in [0, 0.1) is 0 Å². The van der Waals surface area contributed by atoms with E-state index < -0.39 is 0 Å². The molecule has 1 heterocycles. The number of hydrogen-bond donors (Lipinski definition) is 2. The zero-order valence-electron chi connectivity index (χ0n) is 11.3. The minimum atomic E-state index is 0.573. The maximum atomic E-state index is 5.58. The lowest BCUT2D eigenvalue weighted by Crippen LogP contribution is -2.30. The molecule has 3 N–H and O–H groups in total. The second kappa shape index (κ2) is 6.02. The summed E-state index contributed by atoms with van der Waals surface area (Å²) in [4.78, 5) is 4.48. The monoisotopic (exact) mass is 277 g/mol. The summed E-state index contributed by atoms with van der Waals surface area (Å²) >= 11 is 0. The van der Waals surface area contributed by atoms with E-state index in [0.29, 0.717) is 5.84 Å². The molecular weight excluding hydrogens is 262 g/mol. The molecular formula is C16H15N5. The van der Waals surface area contributed by atoms with Crippen LogP contribution in [0.25, 0.3) is 5.69 Å². The number of aromatic nitrogens is 2. The average molecular weight is 277 g/mol. The third-order valence-corrected chi connectivity index (χ3v) is 3.01. The van der Waals surface area contributed by atoms with E-state index in [9.17, 15) is 0 Å². The van der Waals surface area contributed by atoms with Crippen LogP contribution in [0.4, 0.5) is 5.69 Å². The lowest BCUT2D eigenvalue weighted by atomic mass is 10.3. The summed E-state index contributed by atoms with van der Waals surface area (Å²) in [6.45, 7) is 0. The number of para-hydroxylation sites is 2. The SMILES string of the molecule is NNC(=Nc1ccccc1)c1cnn(-c2ccccc2)c1. The van der Waals surface area contributed by atoms with Crippen LogP contribution >= 0.6 is 0 Å². The van der Waals surface area contributed by atoms with Crippen LogP contribution in [-0.2, 0) is 0 Å². The number of benzene rings is 2. The van der Waals surface area contributed by atoms with Gasteiger partial charge in [0, 0.05) is 6.20 Å². The molecule has 0 amide bonds. The first kappa shape index (κ1) is 13.1. The number of rotatable bonds is 3. The summed E-state index contributed by atoms with van der Waals surface area (Å²) in [5, 5.41) is 4.34. The highest BCUT2D eigenvalue weighted by atomic mass is 15.3. The molecule has 104 valence electrons. The summed E-state index contributed by atoms with van der Waals surface area (Å²) < 4.78 is 1.78. The molecule has 0 aliphatic heterocycles. The van der Waals surface area contributed by atoms with E-state index in [1.165, 1.54) is 0 Å². The van der Waals surface area contributed by atoms with Crippen molar-refractivity contribution in [3.05, 3.63) is 78.6 Å². The van der Waals surface area contributed by atoms with Gasteiger partial charge in [-0.05, 0) is 24.3 Å². The Kier molecular flexibility index (Phi) is 3.75. The molecule has 0 fully saturated rings. The number of nitrogens with one attached hydrogen (secondary N) is 1. The molecule has 1 aromatic heterocycles. The molecule has 0 bridgehead atoms. The molecule has 0 atom stereocenters. The van der Waals surface area contributed by atoms with Crippen LogP contribution in [0.5, 0.6) is 0 Å². The van der Waals surface area contributed by atoms with E-state index in [-0.39, 0.29) is 0 Å². The molecule has 0 radical (unpaired) electrons. The number of amidine groups is 1. The lowest BCUT2D eigenvalue weighted by molar-refractivity contribution is 0.880. The number of hydrazine groups is 1. The minimum absolute atomic E-state index is 0.573. The Morgan fingerprint density at radius 2 is 1.67 bits per heavy atom. The first-order valence-electron chi connectivity index (χ1n) is 6.57. The Morgan fingerprint density at radius 1 is 1.00 bits per heavy atom. The van der Waals surface area contributed by atoms with Gasteiger partial charge in [-0.1, -0.05) is 36.4 Å². The molecule has 21 heavy (non-hydrogen) atoms. The van der Waals surface area contributed by atoms with Crippen molar-refractivity contribution in [2.45, 2.75) is 0 Å². The van der Waals surface area contributed by atoms with Gasteiger partial charge in [0.05, 0.1) is 23.1 Å².